The summed E-state index contributed by atoms with van der Waals surface area (Å²) in [4.78, 5) is 4.63. The van der Waals surface area contributed by atoms with Gasteiger partial charge in [0, 0.05) is 22.6 Å². The number of phenolic OH excluding ortho intramolecular Hbond substituents is 1. The second kappa shape index (κ2) is 8.74. The van der Waals surface area contributed by atoms with Crippen molar-refractivity contribution in [2.75, 3.05) is 0 Å². The minimum Gasteiger partial charge on any atom is -0.507 e. The van der Waals surface area contributed by atoms with E-state index >= 15 is 0 Å². The van der Waals surface area contributed by atoms with Crippen molar-refractivity contribution in [3.63, 3.8) is 0 Å². The average Bonchev–Trinajstić information content (AvgIpc) is 2.68. The van der Waals surface area contributed by atoms with Gasteiger partial charge in [0.25, 0.3) is 0 Å². The van der Waals surface area contributed by atoms with Crippen molar-refractivity contribution in [3.05, 3.63) is 83.4 Å². The fourth-order valence-electron chi connectivity index (χ4n) is 3.26. The van der Waals surface area contributed by atoms with Crippen LogP contribution in [0.5, 0.6) is 5.75 Å². The standard InChI is InChI=1S/C27H32NOP/c1-26(2,3)20-16-22(27(4,5)6)25(29)24(17-20)30-23-15-11-10-12-19(23)18-28-21-13-8-7-9-14-21/h7-18,29-30H,1-6H3/b28-18+. The largest absolute Gasteiger partial charge is 0.507 e. The molecule has 1 atom stereocenters. The van der Waals surface area contributed by atoms with E-state index in [1.165, 1.54) is 10.9 Å². The number of rotatable bonds is 4. The maximum absolute atomic E-state index is 11.1. The average molecular weight is 418 g/mol. The molecule has 3 aromatic carbocycles. The van der Waals surface area contributed by atoms with E-state index in [1.807, 2.05) is 42.6 Å². The van der Waals surface area contributed by atoms with Crippen molar-refractivity contribution in [3.8, 4) is 5.75 Å². The number of para-hydroxylation sites is 1. The van der Waals surface area contributed by atoms with Crippen LogP contribution < -0.4 is 10.6 Å². The molecule has 0 heterocycles. The SMILES string of the molecule is CC(C)(C)c1cc(Pc2ccccc2/C=N/c2ccccc2)c(O)c(C(C)(C)C)c1. The highest BCUT2D eigenvalue weighted by Crippen LogP contribution is 2.36. The summed E-state index contributed by atoms with van der Waals surface area (Å²) in [6.45, 7) is 13.1. The van der Waals surface area contributed by atoms with Crippen LogP contribution in [0, 0.1) is 0 Å². The maximum atomic E-state index is 11.1. The Morgan fingerprint density at radius 3 is 2.03 bits per heavy atom. The highest BCUT2D eigenvalue weighted by atomic mass is 31.1. The van der Waals surface area contributed by atoms with Crippen LogP contribution in [-0.2, 0) is 10.8 Å². The molecule has 3 rings (SSSR count). The van der Waals surface area contributed by atoms with Crippen LogP contribution in [0.4, 0.5) is 5.69 Å². The summed E-state index contributed by atoms with van der Waals surface area (Å²) < 4.78 is 0. The fraction of sp³-hybridized carbons (Fsp3) is 0.296. The summed E-state index contributed by atoms with van der Waals surface area (Å²) >= 11 is 0. The van der Waals surface area contributed by atoms with Gasteiger partial charge in [0.15, 0.2) is 0 Å². The van der Waals surface area contributed by atoms with Crippen molar-refractivity contribution in [2.45, 2.75) is 52.4 Å². The van der Waals surface area contributed by atoms with E-state index < -0.39 is 0 Å². The van der Waals surface area contributed by atoms with E-state index in [2.05, 4.69) is 76.9 Å². The molecule has 0 bridgehead atoms. The first kappa shape index (κ1) is 22.2. The molecule has 0 aliphatic carbocycles. The molecule has 156 valence electrons. The molecule has 0 aromatic heterocycles. The van der Waals surface area contributed by atoms with Gasteiger partial charge in [-0.25, -0.2) is 0 Å². The summed E-state index contributed by atoms with van der Waals surface area (Å²) in [6.07, 6.45) is 1.92. The van der Waals surface area contributed by atoms with Crippen molar-refractivity contribution in [2.24, 2.45) is 4.99 Å². The number of nitrogens with zero attached hydrogens (tertiary/aromatic N) is 1. The van der Waals surface area contributed by atoms with E-state index in [9.17, 15) is 5.11 Å². The summed E-state index contributed by atoms with van der Waals surface area (Å²) in [5.74, 6) is 0.420. The Balaban J connectivity index is 2.04. The lowest BCUT2D eigenvalue weighted by molar-refractivity contribution is 0.449. The van der Waals surface area contributed by atoms with Gasteiger partial charge in [-0.3, -0.25) is 4.99 Å². The van der Waals surface area contributed by atoms with E-state index in [0.29, 0.717) is 14.3 Å². The van der Waals surface area contributed by atoms with Crippen molar-refractivity contribution in [1.82, 2.24) is 0 Å². The van der Waals surface area contributed by atoms with Crippen LogP contribution in [-0.4, -0.2) is 11.3 Å². The Bertz CT molecular complexity index is 1040. The molecule has 2 nitrogen and oxygen atoms in total. The first-order valence-corrected chi connectivity index (χ1v) is 11.4. The monoisotopic (exact) mass is 417 g/mol. The number of benzene rings is 3. The van der Waals surface area contributed by atoms with Crippen LogP contribution in [0.15, 0.2) is 71.7 Å². The van der Waals surface area contributed by atoms with Crippen LogP contribution >= 0.6 is 8.58 Å². The summed E-state index contributed by atoms with van der Waals surface area (Å²) in [5, 5.41) is 13.3. The topological polar surface area (TPSA) is 32.6 Å². The minimum atomic E-state index is -0.126. The Labute approximate surface area is 182 Å². The summed E-state index contributed by atoms with van der Waals surface area (Å²) in [7, 11) is 0.352. The van der Waals surface area contributed by atoms with Gasteiger partial charge < -0.3 is 5.11 Å². The molecule has 0 amide bonds. The highest BCUT2D eigenvalue weighted by Gasteiger charge is 2.25. The third kappa shape index (κ3) is 5.37. The maximum Gasteiger partial charge on any atom is 0.127 e. The van der Waals surface area contributed by atoms with Gasteiger partial charge in [0.2, 0.25) is 0 Å². The predicted molar refractivity (Wildman–Crippen MR) is 133 cm³/mol. The number of hydrogen-bond donors (Lipinski definition) is 1. The van der Waals surface area contributed by atoms with Gasteiger partial charge in [-0.15, -0.1) is 0 Å². The molecule has 0 radical (unpaired) electrons. The smallest absolute Gasteiger partial charge is 0.127 e. The zero-order chi connectivity index (χ0) is 21.9. The molecule has 30 heavy (non-hydrogen) atoms. The number of phenols is 1. The second-order valence-electron chi connectivity index (χ2n) is 9.73. The lowest BCUT2D eigenvalue weighted by Gasteiger charge is -2.27. The molecule has 0 spiro atoms. The van der Waals surface area contributed by atoms with E-state index in [-0.39, 0.29) is 10.8 Å². The number of aromatic hydroxyl groups is 1. The van der Waals surface area contributed by atoms with E-state index in [1.54, 1.807) is 0 Å². The van der Waals surface area contributed by atoms with E-state index in [0.717, 1.165) is 22.1 Å². The molecule has 0 fully saturated rings. The third-order valence-corrected chi connectivity index (χ3v) is 6.50. The molecule has 0 saturated carbocycles. The Morgan fingerprint density at radius 2 is 1.40 bits per heavy atom. The molecule has 0 aliphatic rings. The van der Waals surface area contributed by atoms with Gasteiger partial charge in [0.1, 0.15) is 5.75 Å². The van der Waals surface area contributed by atoms with Crippen LogP contribution in [0.3, 0.4) is 0 Å². The molecule has 3 aromatic rings. The van der Waals surface area contributed by atoms with Crippen molar-refractivity contribution >= 4 is 31.1 Å². The number of hydrogen-bond acceptors (Lipinski definition) is 2. The Hall–Kier alpha value is -2.44. The van der Waals surface area contributed by atoms with Crippen LogP contribution in [0.2, 0.25) is 0 Å². The summed E-state index contributed by atoms with van der Waals surface area (Å²) in [5.41, 5.74) is 4.16. The quantitative estimate of drug-likeness (QED) is 0.388. The molecule has 0 aliphatic heterocycles. The lowest BCUT2D eigenvalue weighted by atomic mass is 9.80. The second-order valence-corrected chi connectivity index (χ2v) is 11.1. The molecule has 3 heteroatoms. The fourth-order valence-corrected chi connectivity index (χ4v) is 4.50. The molecule has 1 unspecified atom stereocenters. The highest BCUT2D eigenvalue weighted by molar-refractivity contribution is 7.56. The molecular weight excluding hydrogens is 385 g/mol. The lowest BCUT2D eigenvalue weighted by Crippen LogP contribution is -2.21. The van der Waals surface area contributed by atoms with Gasteiger partial charge in [-0.2, -0.15) is 0 Å². The van der Waals surface area contributed by atoms with Crippen LogP contribution in [0.25, 0.3) is 0 Å². The molecular formula is C27H32NOP. The summed E-state index contributed by atoms with van der Waals surface area (Å²) in [6, 6.07) is 22.6. The number of aliphatic imine (C=N–C) groups is 1. The normalized spacial score (nSPS) is 12.9. The molecule has 1 N–H and O–H groups in total. The Morgan fingerprint density at radius 1 is 0.767 bits per heavy atom. The van der Waals surface area contributed by atoms with Gasteiger partial charge in [-0.1, -0.05) is 98.7 Å². The van der Waals surface area contributed by atoms with Gasteiger partial charge in [-0.05, 0) is 39.9 Å². The minimum absolute atomic E-state index is 0.0151. The van der Waals surface area contributed by atoms with E-state index in [4.69, 9.17) is 0 Å². The predicted octanol–water partition coefficient (Wildman–Crippen LogP) is 6.37. The van der Waals surface area contributed by atoms with Crippen molar-refractivity contribution < 1.29 is 5.11 Å². The van der Waals surface area contributed by atoms with Crippen molar-refractivity contribution in [1.29, 1.82) is 0 Å². The van der Waals surface area contributed by atoms with Crippen LogP contribution in [0.1, 0.15) is 58.2 Å². The van der Waals surface area contributed by atoms with Gasteiger partial charge in [0.05, 0.1) is 5.69 Å². The molecule has 0 saturated heterocycles. The van der Waals surface area contributed by atoms with Gasteiger partial charge >= 0.3 is 0 Å². The zero-order valence-corrected chi connectivity index (χ0v) is 19.8. The first-order chi connectivity index (χ1) is 14.1. The zero-order valence-electron chi connectivity index (χ0n) is 18.8. The Kier molecular flexibility index (Phi) is 6.48. The third-order valence-electron chi connectivity index (χ3n) is 5.12. The first-order valence-electron chi connectivity index (χ1n) is 10.4.